The van der Waals surface area contributed by atoms with Gasteiger partial charge in [-0.2, -0.15) is 23.4 Å². The van der Waals surface area contributed by atoms with Crippen LogP contribution in [0, 0.1) is 0 Å². The quantitative estimate of drug-likeness (QED) is 0.411. The molecule has 0 saturated heterocycles. The molecule has 1 amide bonds. The van der Waals surface area contributed by atoms with Crippen molar-refractivity contribution in [1.29, 1.82) is 0 Å². The minimum atomic E-state index is -4.59. The first-order valence-electron chi connectivity index (χ1n) is 10.6. The third-order valence-corrected chi connectivity index (χ3v) is 6.66. The Kier molecular flexibility index (Phi) is 4.08. The van der Waals surface area contributed by atoms with Gasteiger partial charge in [-0.3, -0.25) is 14.6 Å². The van der Waals surface area contributed by atoms with Crippen LogP contribution in [-0.4, -0.2) is 33.0 Å². The molecular formula is C23H19F3N6O2. The molecular weight excluding hydrogens is 449 g/mol. The van der Waals surface area contributed by atoms with Gasteiger partial charge in [0.25, 0.3) is 0 Å². The fraction of sp³-hybridized carbons (Fsp3) is 0.261. The number of fused-ring (bicyclic) bond motifs is 3. The number of H-pyrrole nitrogens is 1. The second-order valence-corrected chi connectivity index (χ2v) is 8.66. The topological polar surface area (TPSA) is 96.9 Å². The Morgan fingerprint density at radius 3 is 2.82 bits per heavy atom. The second-order valence-electron chi connectivity index (χ2n) is 8.66. The van der Waals surface area contributed by atoms with Gasteiger partial charge in [-0.15, -0.1) is 0 Å². The van der Waals surface area contributed by atoms with Crippen molar-refractivity contribution >= 4 is 34.0 Å². The van der Waals surface area contributed by atoms with E-state index in [0.29, 0.717) is 23.1 Å². The summed E-state index contributed by atoms with van der Waals surface area (Å²) in [4.78, 5) is 12.9. The van der Waals surface area contributed by atoms with E-state index in [2.05, 4.69) is 25.9 Å². The molecule has 1 fully saturated rings. The molecule has 1 aliphatic heterocycles. The number of nitrogens with one attached hydrogen (secondary N) is 3. The van der Waals surface area contributed by atoms with Crippen LogP contribution in [0.15, 0.2) is 42.6 Å². The van der Waals surface area contributed by atoms with E-state index in [1.165, 1.54) is 13.2 Å². The molecule has 0 radical (unpaired) electrons. The van der Waals surface area contributed by atoms with Crippen molar-refractivity contribution in [3.8, 4) is 5.75 Å². The smallest absolute Gasteiger partial charge is 0.437 e. The van der Waals surface area contributed by atoms with Crippen molar-refractivity contribution in [3.05, 3.63) is 59.4 Å². The average Bonchev–Trinajstić information content (AvgIpc) is 3.11. The number of rotatable bonds is 4. The number of aromatic nitrogens is 4. The van der Waals surface area contributed by atoms with E-state index >= 15 is 0 Å². The normalized spacial score (nSPS) is 21.1. The molecule has 2 aromatic heterocycles. The number of nitrogens with zero attached hydrogens (tertiary/aromatic N) is 3. The number of carbonyl (C=O) groups excluding carboxylic acids is 1. The average molecular weight is 468 g/mol. The summed E-state index contributed by atoms with van der Waals surface area (Å²) in [6.45, 7) is 0. The van der Waals surface area contributed by atoms with E-state index in [1.807, 2.05) is 30.3 Å². The van der Waals surface area contributed by atoms with Gasteiger partial charge in [-0.1, -0.05) is 6.07 Å². The maximum absolute atomic E-state index is 13.3. The number of aryl methyl sites for hydroxylation is 1. The Balaban J connectivity index is 1.32. The molecule has 8 nitrogen and oxygen atoms in total. The summed E-state index contributed by atoms with van der Waals surface area (Å²) in [7, 11) is 3.01. The minimum Gasteiger partial charge on any atom is -0.497 e. The molecule has 1 aliphatic carbocycles. The van der Waals surface area contributed by atoms with Gasteiger partial charge in [-0.05, 0) is 47.9 Å². The second kappa shape index (κ2) is 6.75. The zero-order valence-corrected chi connectivity index (χ0v) is 18.1. The Morgan fingerprint density at radius 2 is 2.06 bits per heavy atom. The molecule has 174 valence electrons. The monoisotopic (exact) mass is 468 g/mol. The van der Waals surface area contributed by atoms with Crippen molar-refractivity contribution in [2.75, 3.05) is 17.7 Å². The van der Waals surface area contributed by atoms with Gasteiger partial charge in [0.1, 0.15) is 5.75 Å². The number of halogens is 3. The van der Waals surface area contributed by atoms with Crippen LogP contribution in [0.2, 0.25) is 0 Å². The molecule has 3 heterocycles. The van der Waals surface area contributed by atoms with Crippen LogP contribution in [-0.2, 0) is 23.4 Å². The summed E-state index contributed by atoms with van der Waals surface area (Å²) in [6, 6.07) is 11.1. The molecule has 2 atom stereocenters. The van der Waals surface area contributed by atoms with Crippen LogP contribution in [0.25, 0.3) is 10.9 Å². The van der Waals surface area contributed by atoms with E-state index in [0.717, 1.165) is 21.5 Å². The molecule has 34 heavy (non-hydrogen) atoms. The molecule has 0 unspecified atom stereocenters. The number of alkyl halides is 3. The van der Waals surface area contributed by atoms with Gasteiger partial charge in [0.15, 0.2) is 11.5 Å². The fourth-order valence-corrected chi connectivity index (χ4v) is 4.96. The fourth-order valence-electron chi connectivity index (χ4n) is 4.96. The number of anilines is 3. The van der Waals surface area contributed by atoms with Gasteiger partial charge in [0.05, 0.1) is 23.7 Å². The maximum atomic E-state index is 13.3. The van der Waals surface area contributed by atoms with E-state index < -0.39 is 17.3 Å². The van der Waals surface area contributed by atoms with Gasteiger partial charge < -0.3 is 15.4 Å². The lowest BCUT2D eigenvalue weighted by atomic mass is 9.91. The van der Waals surface area contributed by atoms with Crippen molar-refractivity contribution in [2.24, 2.45) is 7.05 Å². The lowest BCUT2D eigenvalue weighted by Crippen LogP contribution is -2.21. The minimum absolute atomic E-state index is 0.0277. The highest BCUT2D eigenvalue weighted by atomic mass is 19.4. The van der Waals surface area contributed by atoms with Gasteiger partial charge in [0, 0.05) is 30.2 Å². The summed E-state index contributed by atoms with van der Waals surface area (Å²) < 4.78 is 46.3. The molecule has 11 heteroatoms. The van der Waals surface area contributed by atoms with E-state index in [9.17, 15) is 18.0 Å². The molecule has 0 bridgehead atoms. The zero-order valence-electron chi connectivity index (χ0n) is 18.1. The van der Waals surface area contributed by atoms with Gasteiger partial charge >= 0.3 is 6.18 Å². The molecule has 2 aliphatic rings. The number of methoxy groups -OCH3 is 1. The van der Waals surface area contributed by atoms with Crippen LogP contribution >= 0.6 is 0 Å². The van der Waals surface area contributed by atoms with E-state index in [-0.39, 0.29) is 23.3 Å². The maximum Gasteiger partial charge on any atom is 0.437 e. The van der Waals surface area contributed by atoms with Crippen molar-refractivity contribution < 1.29 is 22.7 Å². The van der Waals surface area contributed by atoms with Crippen molar-refractivity contribution in [3.63, 3.8) is 0 Å². The predicted octanol–water partition coefficient (Wildman–Crippen LogP) is 4.44. The summed E-state index contributed by atoms with van der Waals surface area (Å²) in [5.74, 6) is 0.886. The number of hydrogen-bond donors (Lipinski definition) is 3. The first kappa shape index (κ1) is 20.6. The highest BCUT2D eigenvalue weighted by Crippen LogP contribution is 2.65. The number of hydrogen-bond acceptors (Lipinski definition) is 5. The number of carbonyl (C=O) groups is 1. The predicted molar refractivity (Wildman–Crippen MR) is 118 cm³/mol. The molecule has 1 spiro atoms. The highest BCUT2D eigenvalue weighted by molar-refractivity contribution is 6.10. The molecule has 2 aromatic carbocycles. The molecule has 4 aromatic rings. The first-order chi connectivity index (χ1) is 16.2. The van der Waals surface area contributed by atoms with Crippen LogP contribution < -0.4 is 15.4 Å². The Labute approximate surface area is 191 Å². The van der Waals surface area contributed by atoms with Crippen LogP contribution in [0.4, 0.5) is 30.4 Å². The van der Waals surface area contributed by atoms with E-state index in [1.54, 1.807) is 13.2 Å². The van der Waals surface area contributed by atoms with Crippen molar-refractivity contribution in [2.45, 2.75) is 23.9 Å². The summed E-state index contributed by atoms with van der Waals surface area (Å²) in [5.41, 5.74) is 1.49. The van der Waals surface area contributed by atoms with Gasteiger partial charge in [0.2, 0.25) is 5.91 Å². The zero-order chi connectivity index (χ0) is 23.8. The van der Waals surface area contributed by atoms with E-state index in [4.69, 9.17) is 4.74 Å². The Morgan fingerprint density at radius 1 is 1.24 bits per heavy atom. The Hall–Kier alpha value is -4.02. The third kappa shape index (κ3) is 2.89. The Bertz CT molecular complexity index is 1470. The largest absolute Gasteiger partial charge is 0.497 e. The number of aromatic amines is 1. The number of benzene rings is 2. The first-order valence-corrected chi connectivity index (χ1v) is 10.6. The van der Waals surface area contributed by atoms with Crippen LogP contribution in [0.5, 0.6) is 5.75 Å². The molecule has 3 N–H and O–H groups in total. The number of ether oxygens (including phenoxy) is 1. The van der Waals surface area contributed by atoms with Gasteiger partial charge in [-0.25, -0.2) is 0 Å². The van der Waals surface area contributed by atoms with Crippen molar-refractivity contribution in [1.82, 2.24) is 20.0 Å². The summed E-state index contributed by atoms with van der Waals surface area (Å²) >= 11 is 0. The SMILES string of the molecule is COc1ccc2c(c1)[C@]1(C[C@H]1c1ccc3c(Nc4cn(C)nc4C(F)(F)F)n[nH]c3c1)C(=O)N2. The lowest BCUT2D eigenvalue weighted by molar-refractivity contribution is -0.140. The summed E-state index contributed by atoms with van der Waals surface area (Å²) in [6.07, 6.45) is -2.67. The summed E-state index contributed by atoms with van der Waals surface area (Å²) in [5, 5.41) is 16.9. The standard InChI is InChI=1S/C23H19F3N6O2/c1-32-10-18(19(31-32)23(24,25)26)27-20-13-5-3-11(7-17(13)29-30-20)15-9-22(15)14-8-12(34-2)4-6-16(14)28-21(22)33/h3-8,10,15H,9H2,1-2H3,(H,28,33)(H2,27,29,30)/t15-,22-/m0/s1. The molecule has 6 rings (SSSR count). The number of amides is 1. The van der Waals surface area contributed by atoms with Crippen LogP contribution in [0.3, 0.4) is 0 Å². The third-order valence-electron chi connectivity index (χ3n) is 6.66. The van der Waals surface area contributed by atoms with Crippen LogP contribution in [0.1, 0.15) is 29.2 Å². The lowest BCUT2D eigenvalue weighted by Gasteiger charge is -2.10. The highest BCUT2D eigenvalue weighted by Gasteiger charge is 2.65. The molecule has 1 saturated carbocycles.